The Morgan fingerprint density at radius 1 is 1.33 bits per heavy atom. The molecule has 1 saturated heterocycles. The number of likely N-dealkylation sites (tertiary alicyclic amines) is 1. The van der Waals surface area contributed by atoms with Crippen molar-refractivity contribution in [3.8, 4) is 0 Å². The van der Waals surface area contributed by atoms with Gasteiger partial charge in [-0.05, 0) is 37.0 Å². The fraction of sp³-hybridized carbons (Fsp3) is 0.500. The van der Waals surface area contributed by atoms with Crippen molar-refractivity contribution in [1.29, 1.82) is 0 Å². The monoisotopic (exact) mass is 328 g/mol. The van der Waals surface area contributed by atoms with Crippen LogP contribution in [0.15, 0.2) is 30.5 Å². The minimum Gasteiger partial charge on any atom is -0.380 e. The number of benzene rings is 1. The first-order valence-corrected chi connectivity index (χ1v) is 8.55. The molecule has 2 aromatic rings. The number of nitrogens with zero attached hydrogens (tertiary/aromatic N) is 3. The average Bonchev–Trinajstić information content (AvgIpc) is 2.56. The first-order chi connectivity index (χ1) is 11.5. The van der Waals surface area contributed by atoms with Crippen LogP contribution in [0.1, 0.15) is 26.7 Å². The van der Waals surface area contributed by atoms with Crippen LogP contribution in [0.3, 0.4) is 0 Å². The first-order valence-electron chi connectivity index (χ1n) is 8.55. The lowest BCUT2D eigenvalue weighted by molar-refractivity contribution is -0.383. The summed E-state index contributed by atoms with van der Waals surface area (Å²) in [5.74, 6) is 0.692. The lowest BCUT2D eigenvalue weighted by Crippen LogP contribution is -2.40. The molecule has 0 unspecified atom stereocenters. The predicted molar refractivity (Wildman–Crippen MR) is 96.3 cm³/mol. The molecule has 1 aliphatic heterocycles. The average molecular weight is 328 g/mol. The molecule has 0 saturated carbocycles. The van der Waals surface area contributed by atoms with E-state index in [2.05, 4.69) is 29.0 Å². The van der Waals surface area contributed by atoms with Crippen LogP contribution in [0.2, 0.25) is 0 Å². The molecule has 6 heteroatoms. The van der Waals surface area contributed by atoms with Gasteiger partial charge in [-0.15, -0.1) is 0 Å². The van der Waals surface area contributed by atoms with Gasteiger partial charge >= 0.3 is 0 Å². The number of non-ortho nitro benzene ring substituents is 1. The van der Waals surface area contributed by atoms with E-state index in [4.69, 9.17) is 0 Å². The third-order valence-corrected chi connectivity index (χ3v) is 4.51. The molecule has 3 rings (SSSR count). The summed E-state index contributed by atoms with van der Waals surface area (Å²) in [5.41, 5.74) is 1.67. The van der Waals surface area contributed by atoms with Crippen LogP contribution in [0.4, 0.5) is 11.4 Å². The Hall–Kier alpha value is -2.21. The van der Waals surface area contributed by atoms with E-state index in [9.17, 15) is 10.1 Å². The van der Waals surface area contributed by atoms with Gasteiger partial charge in [0.15, 0.2) is 0 Å². The van der Waals surface area contributed by atoms with Gasteiger partial charge in [-0.2, -0.15) is 0 Å². The molecule has 1 N–H and O–H groups in total. The van der Waals surface area contributed by atoms with Gasteiger partial charge in [0.05, 0.1) is 16.0 Å². The number of nitro groups is 1. The Balaban J connectivity index is 1.75. The topological polar surface area (TPSA) is 71.3 Å². The van der Waals surface area contributed by atoms with Crippen molar-refractivity contribution in [2.45, 2.75) is 32.7 Å². The number of rotatable bonds is 5. The quantitative estimate of drug-likeness (QED) is 0.670. The summed E-state index contributed by atoms with van der Waals surface area (Å²) in [4.78, 5) is 17.7. The van der Waals surface area contributed by atoms with Crippen LogP contribution in [-0.2, 0) is 0 Å². The molecule has 1 fully saturated rings. The molecule has 0 bridgehead atoms. The molecule has 6 nitrogen and oxygen atoms in total. The van der Waals surface area contributed by atoms with Crippen LogP contribution in [0, 0.1) is 16.0 Å². The van der Waals surface area contributed by atoms with E-state index in [-0.39, 0.29) is 10.6 Å². The summed E-state index contributed by atoms with van der Waals surface area (Å²) in [6, 6.07) is 7.24. The van der Waals surface area contributed by atoms with Gasteiger partial charge in [0.25, 0.3) is 5.69 Å². The van der Waals surface area contributed by atoms with Crippen molar-refractivity contribution in [3.05, 3.63) is 40.6 Å². The second-order valence-electron chi connectivity index (χ2n) is 6.90. The fourth-order valence-corrected chi connectivity index (χ4v) is 3.43. The Morgan fingerprint density at radius 2 is 2.08 bits per heavy atom. The maximum absolute atomic E-state index is 11.2. The van der Waals surface area contributed by atoms with Crippen molar-refractivity contribution >= 4 is 22.3 Å². The number of fused-ring (bicyclic) bond motifs is 1. The summed E-state index contributed by atoms with van der Waals surface area (Å²) in [5, 5.41) is 15.3. The first kappa shape index (κ1) is 16.6. The molecule has 2 heterocycles. The van der Waals surface area contributed by atoms with Crippen LogP contribution in [-0.4, -0.2) is 40.5 Å². The Morgan fingerprint density at radius 3 is 2.75 bits per heavy atom. The van der Waals surface area contributed by atoms with Crippen molar-refractivity contribution in [3.63, 3.8) is 0 Å². The molecule has 0 aliphatic carbocycles. The van der Waals surface area contributed by atoms with Gasteiger partial charge in [-0.3, -0.25) is 15.1 Å². The van der Waals surface area contributed by atoms with E-state index in [1.165, 1.54) is 0 Å². The second kappa shape index (κ2) is 7.13. The highest BCUT2D eigenvalue weighted by Gasteiger charge is 2.21. The highest BCUT2D eigenvalue weighted by molar-refractivity contribution is 5.96. The molecular formula is C18H24N4O2. The Bertz CT molecular complexity index is 724. The highest BCUT2D eigenvalue weighted by Crippen LogP contribution is 2.31. The molecule has 1 aromatic carbocycles. The number of nitro benzene ring substituents is 1. The van der Waals surface area contributed by atoms with Gasteiger partial charge in [-0.1, -0.05) is 13.8 Å². The molecule has 128 valence electrons. The molecule has 1 aromatic heterocycles. The van der Waals surface area contributed by atoms with Crippen molar-refractivity contribution in [2.75, 3.05) is 25.0 Å². The highest BCUT2D eigenvalue weighted by atomic mass is 16.6. The van der Waals surface area contributed by atoms with Gasteiger partial charge in [0.2, 0.25) is 0 Å². The summed E-state index contributed by atoms with van der Waals surface area (Å²) < 4.78 is 0. The minimum atomic E-state index is -0.349. The van der Waals surface area contributed by atoms with E-state index >= 15 is 0 Å². The Labute approximate surface area is 142 Å². The zero-order chi connectivity index (χ0) is 17.1. The summed E-state index contributed by atoms with van der Waals surface area (Å²) in [6.45, 7) is 7.83. The number of piperidine rings is 1. The zero-order valence-corrected chi connectivity index (χ0v) is 14.2. The summed E-state index contributed by atoms with van der Waals surface area (Å²) in [6.07, 6.45) is 3.85. The van der Waals surface area contributed by atoms with Crippen molar-refractivity contribution in [2.24, 2.45) is 5.92 Å². The molecule has 0 atom stereocenters. The normalized spacial score (nSPS) is 16.6. The maximum atomic E-state index is 11.2. The fourth-order valence-electron chi connectivity index (χ4n) is 3.43. The predicted octanol–water partition coefficient (Wildman–Crippen LogP) is 3.68. The molecule has 1 aliphatic rings. The number of pyridine rings is 1. The number of aromatic nitrogens is 1. The lowest BCUT2D eigenvalue weighted by atomic mass is 10.0. The van der Waals surface area contributed by atoms with E-state index in [1.54, 1.807) is 30.5 Å². The van der Waals surface area contributed by atoms with Crippen molar-refractivity contribution < 1.29 is 4.92 Å². The minimum absolute atomic E-state index is 0.107. The summed E-state index contributed by atoms with van der Waals surface area (Å²) >= 11 is 0. The van der Waals surface area contributed by atoms with E-state index in [0.717, 1.165) is 38.2 Å². The van der Waals surface area contributed by atoms with E-state index in [0.29, 0.717) is 22.9 Å². The Kier molecular flexibility index (Phi) is 4.94. The van der Waals surface area contributed by atoms with Gasteiger partial charge in [0.1, 0.15) is 5.52 Å². The zero-order valence-electron chi connectivity index (χ0n) is 14.2. The number of hydrogen-bond acceptors (Lipinski definition) is 5. The third kappa shape index (κ3) is 3.64. The third-order valence-electron chi connectivity index (χ3n) is 4.51. The standard InChI is InChI=1S/C18H24N4O2/c1-13(2)12-21-10-7-14(8-11-21)20-16-5-6-17(22(23)24)15-4-3-9-19-18(15)16/h3-6,9,13-14,20H,7-8,10-12H2,1-2H3. The molecule has 0 spiro atoms. The van der Waals surface area contributed by atoms with Crippen LogP contribution < -0.4 is 5.32 Å². The van der Waals surface area contributed by atoms with Crippen LogP contribution in [0.25, 0.3) is 10.9 Å². The van der Waals surface area contributed by atoms with Gasteiger partial charge in [-0.25, -0.2) is 0 Å². The molecule has 0 amide bonds. The number of nitrogens with one attached hydrogen (secondary N) is 1. The van der Waals surface area contributed by atoms with Crippen LogP contribution in [0.5, 0.6) is 0 Å². The number of hydrogen-bond donors (Lipinski definition) is 1. The summed E-state index contributed by atoms with van der Waals surface area (Å²) in [7, 11) is 0. The molecule has 24 heavy (non-hydrogen) atoms. The SMILES string of the molecule is CC(C)CN1CCC(Nc2ccc([N+](=O)[O-])c3cccnc23)CC1. The smallest absolute Gasteiger partial charge is 0.278 e. The van der Waals surface area contributed by atoms with Gasteiger partial charge < -0.3 is 10.2 Å². The van der Waals surface area contributed by atoms with Gasteiger partial charge in [0, 0.05) is 37.9 Å². The maximum Gasteiger partial charge on any atom is 0.278 e. The largest absolute Gasteiger partial charge is 0.380 e. The van der Waals surface area contributed by atoms with Crippen molar-refractivity contribution in [1.82, 2.24) is 9.88 Å². The molecular weight excluding hydrogens is 304 g/mol. The van der Waals surface area contributed by atoms with E-state index < -0.39 is 0 Å². The molecule has 0 radical (unpaired) electrons. The number of anilines is 1. The van der Waals surface area contributed by atoms with Crippen LogP contribution >= 0.6 is 0 Å². The van der Waals surface area contributed by atoms with E-state index in [1.807, 2.05) is 0 Å². The lowest BCUT2D eigenvalue weighted by Gasteiger charge is -2.33. The second-order valence-corrected chi connectivity index (χ2v) is 6.90.